The molecule has 122 valence electrons. The summed E-state index contributed by atoms with van der Waals surface area (Å²) in [5.41, 5.74) is 1.69. The lowest BCUT2D eigenvalue weighted by atomic mass is 10.3. The minimum atomic E-state index is -0.496. The summed E-state index contributed by atoms with van der Waals surface area (Å²) in [6, 6.07) is 6.95. The average molecular weight is 336 g/mol. The molecule has 0 aliphatic rings. The van der Waals surface area contributed by atoms with Crippen molar-refractivity contribution in [1.29, 1.82) is 0 Å². The standard InChI is InChI=1S/C15H18ClN5O2/c1-12-9-20(11-18-12)8-2-7-17-15(10-21(22)23)19-14-5-3-13(16)4-6-14/h3-6,9-11,17,19H,2,7-8H2,1H3/b15-10+. The van der Waals surface area contributed by atoms with Gasteiger partial charge in [0.25, 0.3) is 6.20 Å². The van der Waals surface area contributed by atoms with E-state index in [1.54, 1.807) is 30.6 Å². The second-order valence-electron chi connectivity index (χ2n) is 4.99. The highest BCUT2D eigenvalue weighted by molar-refractivity contribution is 6.30. The fourth-order valence-electron chi connectivity index (χ4n) is 2.00. The van der Waals surface area contributed by atoms with Crippen molar-refractivity contribution in [2.45, 2.75) is 19.9 Å². The predicted octanol–water partition coefficient (Wildman–Crippen LogP) is 3.01. The number of imidazole rings is 1. The third kappa shape index (κ3) is 5.99. The number of aryl methyl sites for hydroxylation is 2. The number of nitrogens with zero attached hydrogens (tertiary/aromatic N) is 3. The maximum Gasteiger partial charge on any atom is 0.274 e. The molecule has 0 spiro atoms. The van der Waals surface area contributed by atoms with Gasteiger partial charge in [-0.15, -0.1) is 0 Å². The number of benzene rings is 1. The SMILES string of the molecule is Cc1cn(CCCN/C(=C\[N+](=O)[O-])Nc2ccc(Cl)cc2)cn1. The van der Waals surface area contributed by atoms with Crippen LogP contribution in [0.15, 0.2) is 48.8 Å². The maximum absolute atomic E-state index is 10.7. The van der Waals surface area contributed by atoms with Gasteiger partial charge in [0.15, 0.2) is 5.82 Å². The molecule has 0 atom stereocenters. The first kappa shape index (κ1) is 16.8. The fourth-order valence-corrected chi connectivity index (χ4v) is 2.12. The largest absolute Gasteiger partial charge is 0.366 e. The summed E-state index contributed by atoms with van der Waals surface area (Å²) in [5, 5.41) is 17.3. The molecule has 1 aromatic heterocycles. The van der Waals surface area contributed by atoms with Gasteiger partial charge in [-0.1, -0.05) is 11.6 Å². The molecule has 0 saturated carbocycles. The predicted molar refractivity (Wildman–Crippen MR) is 89.7 cm³/mol. The van der Waals surface area contributed by atoms with Gasteiger partial charge < -0.3 is 15.2 Å². The van der Waals surface area contributed by atoms with Gasteiger partial charge in [0.05, 0.1) is 16.9 Å². The van der Waals surface area contributed by atoms with Gasteiger partial charge in [0, 0.05) is 30.0 Å². The molecule has 0 aliphatic heterocycles. The monoisotopic (exact) mass is 335 g/mol. The van der Waals surface area contributed by atoms with Gasteiger partial charge >= 0.3 is 0 Å². The Kier molecular flexibility index (Phi) is 5.99. The van der Waals surface area contributed by atoms with Crippen molar-refractivity contribution in [3.05, 3.63) is 69.6 Å². The lowest BCUT2D eigenvalue weighted by molar-refractivity contribution is -0.403. The Labute approximate surface area is 139 Å². The van der Waals surface area contributed by atoms with Crippen molar-refractivity contribution in [2.75, 3.05) is 11.9 Å². The molecular formula is C15H18ClN5O2. The van der Waals surface area contributed by atoms with E-state index in [0.29, 0.717) is 17.4 Å². The molecule has 1 heterocycles. The molecule has 2 N–H and O–H groups in total. The first-order chi connectivity index (χ1) is 11.0. The molecule has 0 fully saturated rings. The first-order valence-electron chi connectivity index (χ1n) is 7.13. The topological polar surface area (TPSA) is 85.0 Å². The summed E-state index contributed by atoms with van der Waals surface area (Å²) in [4.78, 5) is 14.4. The van der Waals surface area contributed by atoms with Crippen LogP contribution in [-0.2, 0) is 6.54 Å². The van der Waals surface area contributed by atoms with Crippen LogP contribution in [0.5, 0.6) is 0 Å². The maximum atomic E-state index is 10.7. The molecule has 0 amide bonds. The zero-order valence-corrected chi connectivity index (χ0v) is 13.5. The lowest BCUT2D eigenvalue weighted by Crippen LogP contribution is -2.22. The number of rotatable bonds is 8. The minimum absolute atomic E-state index is 0.333. The molecule has 0 radical (unpaired) electrons. The second-order valence-corrected chi connectivity index (χ2v) is 5.43. The van der Waals surface area contributed by atoms with Gasteiger partial charge in [0.1, 0.15) is 0 Å². The van der Waals surface area contributed by atoms with Crippen molar-refractivity contribution in [2.24, 2.45) is 0 Å². The molecule has 8 heteroatoms. The first-order valence-corrected chi connectivity index (χ1v) is 7.51. The van der Waals surface area contributed by atoms with Crippen LogP contribution in [0.3, 0.4) is 0 Å². The van der Waals surface area contributed by atoms with Crippen LogP contribution in [0.2, 0.25) is 5.02 Å². The van der Waals surface area contributed by atoms with E-state index >= 15 is 0 Å². The number of nitrogens with one attached hydrogen (secondary N) is 2. The van der Waals surface area contributed by atoms with Crippen molar-refractivity contribution in [1.82, 2.24) is 14.9 Å². The molecule has 1 aromatic carbocycles. The van der Waals surface area contributed by atoms with Crippen LogP contribution in [0, 0.1) is 17.0 Å². The van der Waals surface area contributed by atoms with Gasteiger partial charge in [-0.05, 0) is 37.6 Å². The molecule has 0 bridgehead atoms. The fraction of sp³-hybridized carbons (Fsp3) is 0.267. The summed E-state index contributed by atoms with van der Waals surface area (Å²) < 4.78 is 1.99. The summed E-state index contributed by atoms with van der Waals surface area (Å²) in [6.07, 6.45) is 5.46. The number of halogens is 1. The van der Waals surface area contributed by atoms with Crippen LogP contribution < -0.4 is 10.6 Å². The smallest absolute Gasteiger partial charge is 0.274 e. The number of nitro groups is 1. The summed E-state index contributed by atoms with van der Waals surface area (Å²) >= 11 is 5.82. The number of anilines is 1. The van der Waals surface area contributed by atoms with Crippen LogP contribution in [0.25, 0.3) is 0 Å². The molecule has 0 unspecified atom stereocenters. The summed E-state index contributed by atoms with van der Waals surface area (Å²) in [7, 11) is 0. The highest BCUT2D eigenvalue weighted by Gasteiger charge is 2.04. The highest BCUT2D eigenvalue weighted by atomic mass is 35.5. The van der Waals surface area contributed by atoms with Gasteiger partial charge in [-0.2, -0.15) is 0 Å². The molecule has 0 saturated heterocycles. The van der Waals surface area contributed by atoms with Crippen molar-refractivity contribution in [3.63, 3.8) is 0 Å². The molecule has 2 aromatic rings. The Hall–Kier alpha value is -2.54. The summed E-state index contributed by atoms with van der Waals surface area (Å²) in [6.45, 7) is 3.32. The summed E-state index contributed by atoms with van der Waals surface area (Å²) in [5.74, 6) is 0.333. The van der Waals surface area contributed by atoms with E-state index in [1.165, 1.54) is 0 Å². The van der Waals surface area contributed by atoms with E-state index in [4.69, 9.17) is 11.6 Å². The third-order valence-electron chi connectivity index (χ3n) is 3.03. The molecule has 23 heavy (non-hydrogen) atoms. The van der Waals surface area contributed by atoms with E-state index in [1.807, 2.05) is 17.7 Å². The minimum Gasteiger partial charge on any atom is -0.366 e. The third-order valence-corrected chi connectivity index (χ3v) is 3.28. The van der Waals surface area contributed by atoms with Crippen LogP contribution in [0.4, 0.5) is 5.69 Å². The van der Waals surface area contributed by atoms with Crippen LogP contribution in [0.1, 0.15) is 12.1 Å². The number of hydrogen-bond donors (Lipinski definition) is 2. The van der Waals surface area contributed by atoms with E-state index in [2.05, 4.69) is 15.6 Å². The van der Waals surface area contributed by atoms with Crippen molar-refractivity contribution >= 4 is 17.3 Å². The van der Waals surface area contributed by atoms with Crippen LogP contribution in [-0.4, -0.2) is 21.0 Å². The Morgan fingerprint density at radius 2 is 2.17 bits per heavy atom. The Balaban J connectivity index is 1.86. The van der Waals surface area contributed by atoms with E-state index in [-0.39, 0.29) is 0 Å². The number of hydrogen-bond acceptors (Lipinski definition) is 5. The van der Waals surface area contributed by atoms with Crippen molar-refractivity contribution < 1.29 is 4.92 Å². The average Bonchev–Trinajstić information content (AvgIpc) is 2.91. The normalized spacial score (nSPS) is 11.3. The van der Waals surface area contributed by atoms with Crippen molar-refractivity contribution in [3.8, 4) is 0 Å². The van der Waals surface area contributed by atoms with E-state index in [9.17, 15) is 10.1 Å². The Bertz CT molecular complexity index is 681. The Morgan fingerprint density at radius 1 is 1.43 bits per heavy atom. The van der Waals surface area contributed by atoms with E-state index in [0.717, 1.165) is 30.5 Å². The molecule has 2 rings (SSSR count). The van der Waals surface area contributed by atoms with Gasteiger partial charge in [-0.25, -0.2) is 4.98 Å². The molecule has 0 aliphatic carbocycles. The molecule has 7 nitrogen and oxygen atoms in total. The zero-order valence-electron chi connectivity index (χ0n) is 12.7. The highest BCUT2D eigenvalue weighted by Crippen LogP contribution is 2.14. The van der Waals surface area contributed by atoms with Gasteiger partial charge in [0.2, 0.25) is 0 Å². The zero-order chi connectivity index (χ0) is 16.7. The lowest BCUT2D eigenvalue weighted by Gasteiger charge is -2.11. The van der Waals surface area contributed by atoms with Crippen LogP contribution >= 0.6 is 11.6 Å². The number of aromatic nitrogens is 2. The molecular weight excluding hydrogens is 318 g/mol. The van der Waals surface area contributed by atoms with Gasteiger partial charge in [-0.3, -0.25) is 10.1 Å². The second kappa shape index (κ2) is 8.19. The quantitative estimate of drug-likeness (QED) is 0.440. The van der Waals surface area contributed by atoms with E-state index < -0.39 is 4.92 Å². The Morgan fingerprint density at radius 3 is 2.78 bits per heavy atom.